The predicted octanol–water partition coefficient (Wildman–Crippen LogP) is 6.27. The Kier molecular flexibility index (Phi) is 5.87. The Balaban J connectivity index is 1.48. The van der Waals surface area contributed by atoms with E-state index < -0.39 is 5.76 Å². The minimum atomic E-state index is -0.552. The van der Waals surface area contributed by atoms with Gasteiger partial charge in [-0.25, -0.2) is 9.78 Å². The van der Waals surface area contributed by atoms with E-state index in [4.69, 9.17) is 9.51 Å². The zero-order valence-corrected chi connectivity index (χ0v) is 21.4. The van der Waals surface area contributed by atoms with Crippen molar-refractivity contribution in [3.05, 3.63) is 116 Å². The third-order valence-electron chi connectivity index (χ3n) is 7.47. The summed E-state index contributed by atoms with van der Waals surface area (Å²) in [6, 6.07) is 21.8. The number of hydrogen-bond acceptors (Lipinski definition) is 4. The lowest BCUT2D eigenvalue weighted by Crippen LogP contribution is -2.11. The molecule has 3 aromatic carbocycles. The van der Waals surface area contributed by atoms with E-state index in [1.54, 1.807) is 0 Å². The molecule has 5 aromatic rings. The number of nitrogens with zero attached hydrogens (tertiary/aromatic N) is 3. The first kappa shape index (κ1) is 23.2. The maximum atomic E-state index is 11.6. The fraction of sp³-hybridized carbons (Fsp3) is 0.258. The molecular formula is C31H30N4O2. The molecule has 1 atom stereocenters. The quantitative estimate of drug-likeness (QED) is 0.315. The van der Waals surface area contributed by atoms with Gasteiger partial charge in [0, 0.05) is 6.42 Å². The summed E-state index contributed by atoms with van der Waals surface area (Å²) >= 11 is 0. The molecule has 6 rings (SSSR count). The number of H-pyrrole nitrogens is 1. The number of fused-ring (bicyclic) bond motifs is 3. The second kappa shape index (κ2) is 9.36. The second-order valence-corrected chi connectivity index (χ2v) is 9.88. The van der Waals surface area contributed by atoms with Gasteiger partial charge in [-0.3, -0.25) is 9.51 Å². The molecule has 1 N–H and O–H groups in total. The summed E-state index contributed by atoms with van der Waals surface area (Å²) in [7, 11) is 0. The van der Waals surface area contributed by atoms with Crippen LogP contribution in [-0.2, 0) is 19.3 Å². The van der Waals surface area contributed by atoms with Gasteiger partial charge in [0.2, 0.25) is 0 Å². The van der Waals surface area contributed by atoms with Crippen LogP contribution in [0.4, 0.5) is 0 Å². The highest BCUT2D eigenvalue weighted by molar-refractivity contribution is 5.93. The number of aromatic nitrogens is 4. The molecule has 0 spiro atoms. The lowest BCUT2D eigenvalue weighted by atomic mass is 9.91. The van der Waals surface area contributed by atoms with Gasteiger partial charge in [0.1, 0.15) is 5.82 Å². The van der Waals surface area contributed by atoms with Gasteiger partial charge >= 0.3 is 5.76 Å². The van der Waals surface area contributed by atoms with Crippen LogP contribution in [0.15, 0.2) is 70.0 Å². The third kappa shape index (κ3) is 4.12. The minimum Gasteiger partial charge on any atom is -0.321 e. The van der Waals surface area contributed by atoms with Crippen LogP contribution < -0.4 is 5.76 Å². The first-order chi connectivity index (χ1) is 18.0. The largest absolute Gasteiger partial charge is 0.439 e. The Morgan fingerprint density at radius 1 is 1.05 bits per heavy atom. The number of aromatic amines is 1. The average molecular weight is 491 g/mol. The van der Waals surface area contributed by atoms with Crippen molar-refractivity contribution in [3.63, 3.8) is 0 Å². The van der Waals surface area contributed by atoms with Gasteiger partial charge in [0.05, 0.1) is 17.1 Å². The molecule has 6 heteroatoms. The van der Waals surface area contributed by atoms with Crippen LogP contribution in [0.1, 0.15) is 71.3 Å². The predicted molar refractivity (Wildman–Crippen MR) is 147 cm³/mol. The monoisotopic (exact) mass is 490 g/mol. The number of benzene rings is 3. The number of rotatable bonds is 5. The van der Waals surface area contributed by atoms with E-state index in [-0.39, 0.29) is 6.04 Å². The van der Waals surface area contributed by atoms with Crippen molar-refractivity contribution in [3.8, 4) is 0 Å². The maximum Gasteiger partial charge on any atom is 0.439 e. The molecule has 1 unspecified atom stereocenters. The topological polar surface area (TPSA) is 76.7 Å². The van der Waals surface area contributed by atoms with Crippen LogP contribution in [-0.4, -0.2) is 19.7 Å². The standard InChI is InChI=1S/C31H30N4O2/c1-4-8-29-33-30-19(2)9-7-12-27(30)35(29)20(3)22-15-16-25-23(17-22)14-13-21-10-5-6-11-24(21)26(25)18-28-32-31(36)37-34-28/h5-7,9-12,15-18,20H,4,8,13-14H2,1-3H3,(H,32,34,36)/b26-18+. The SMILES string of the molecule is CCCc1nc2c(C)cccc2n1C(C)c1ccc2c(c1)CCc1ccccc1/C2=C\c1noc(=O)[nH]1. The molecule has 0 saturated heterocycles. The summed E-state index contributed by atoms with van der Waals surface area (Å²) in [5.41, 5.74) is 10.7. The summed E-state index contributed by atoms with van der Waals surface area (Å²) in [6.07, 6.45) is 5.80. The highest BCUT2D eigenvalue weighted by atomic mass is 16.5. The van der Waals surface area contributed by atoms with E-state index in [1.165, 1.54) is 27.8 Å². The van der Waals surface area contributed by atoms with Crippen LogP contribution in [0.3, 0.4) is 0 Å². The maximum absolute atomic E-state index is 11.6. The average Bonchev–Trinajstić information content (AvgIpc) is 3.45. The molecule has 6 nitrogen and oxygen atoms in total. The Morgan fingerprint density at radius 2 is 1.86 bits per heavy atom. The fourth-order valence-corrected chi connectivity index (χ4v) is 5.64. The zero-order chi connectivity index (χ0) is 25.5. The number of nitrogens with one attached hydrogen (secondary N) is 1. The molecule has 1 aliphatic carbocycles. The first-order valence-electron chi connectivity index (χ1n) is 13.0. The Labute approximate surface area is 215 Å². The number of para-hydroxylation sites is 1. The van der Waals surface area contributed by atoms with Crippen LogP contribution in [0, 0.1) is 6.92 Å². The van der Waals surface area contributed by atoms with Crippen LogP contribution in [0.5, 0.6) is 0 Å². The van der Waals surface area contributed by atoms with Gasteiger partial charge < -0.3 is 4.57 Å². The minimum absolute atomic E-state index is 0.142. The summed E-state index contributed by atoms with van der Waals surface area (Å²) in [5, 5.41) is 3.90. The number of aryl methyl sites for hydroxylation is 4. The Morgan fingerprint density at radius 3 is 2.68 bits per heavy atom. The van der Waals surface area contributed by atoms with Crippen molar-refractivity contribution in [2.45, 2.75) is 52.5 Å². The number of hydrogen-bond donors (Lipinski definition) is 1. The summed E-state index contributed by atoms with van der Waals surface area (Å²) < 4.78 is 7.18. The zero-order valence-electron chi connectivity index (χ0n) is 21.4. The lowest BCUT2D eigenvalue weighted by molar-refractivity contribution is 0.385. The molecular weight excluding hydrogens is 460 g/mol. The molecule has 0 radical (unpaired) electrons. The van der Waals surface area contributed by atoms with Crippen molar-refractivity contribution < 1.29 is 4.52 Å². The van der Waals surface area contributed by atoms with E-state index in [0.717, 1.165) is 53.7 Å². The van der Waals surface area contributed by atoms with Gasteiger partial charge in [0.25, 0.3) is 0 Å². The molecule has 37 heavy (non-hydrogen) atoms. The van der Waals surface area contributed by atoms with Crippen molar-refractivity contribution >= 4 is 22.7 Å². The van der Waals surface area contributed by atoms with E-state index in [0.29, 0.717) is 5.82 Å². The van der Waals surface area contributed by atoms with Crippen LogP contribution in [0.25, 0.3) is 22.7 Å². The van der Waals surface area contributed by atoms with Crippen LogP contribution in [0.2, 0.25) is 0 Å². The second-order valence-electron chi connectivity index (χ2n) is 9.88. The molecule has 186 valence electrons. The fourth-order valence-electron chi connectivity index (χ4n) is 5.64. The van der Waals surface area contributed by atoms with Crippen molar-refractivity contribution in [2.75, 3.05) is 0 Å². The lowest BCUT2D eigenvalue weighted by Gasteiger charge is -2.20. The smallest absolute Gasteiger partial charge is 0.321 e. The highest BCUT2D eigenvalue weighted by Crippen LogP contribution is 2.37. The Hall–Kier alpha value is -4.19. The van der Waals surface area contributed by atoms with Crippen molar-refractivity contribution in [1.82, 2.24) is 19.7 Å². The van der Waals surface area contributed by atoms with Gasteiger partial charge in [-0.15, -0.1) is 0 Å². The summed E-state index contributed by atoms with van der Waals surface area (Å²) in [4.78, 5) is 19.3. The molecule has 0 aliphatic heterocycles. The van der Waals surface area contributed by atoms with Gasteiger partial charge in [0.15, 0.2) is 5.82 Å². The van der Waals surface area contributed by atoms with E-state index in [2.05, 4.69) is 96.1 Å². The van der Waals surface area contributed by atoms with Gasteiger partial charge in [-0.05, 0) is 84.2 Å². The molecule has 1 aliphatic rings. The normalized spacial score (nSPS) is 14.9. The van der Waals surface area contributed by atoms with Gasteiger partial charge in [-0.2, -0.15) is 0 Å². The molecule has 0 fully saturated rings. The molecule has 0 amide bonds. The van der Waals surface area contributed by atoms with E-state index in [9.17, 15) is 4.79 Å². The third-order valence-corrected chi connectivity index (χ3v) is 7.47. The molecule has 0 saturated carbocycles. The summed E-state index contributed by atoms with van der Waals surface area (Å²) in [5.74, 6) is 1.01. The van der Waals surface area contributed by atoms with Crippen molar-refractivity contribution in [1.29, 1.82) is 0 Å². The van der Waals surface area contributed by atoms with E-state index >= 15 is 0 Å². The number of imidazole rings is 1. The molecule has 0 bridgehead atoms. The Bertz CT molecular complexity index is 1700. The van der Waals surface area contributed by atoms with E-state index in [1.807, 2.05) is 6.08 Å². The van der Waals surface area contributed by atoms with Crippen molar-refractivity contribution in [2.24, 2.45) is 0 Å². The molecule has 2 aromatic heterocycles. The van der Waals surface area contributed by atoms with Gasteiger partial charge in [-0.1, -0.05) is 66.7 Å². The van der Waals surface area contributed by atoms with Crippen LogP contribution >= 0.6 is 0 Å². The highest BCUT2D eigenvalue weighted by Gasteiger charge is 2.22. The first-order valence-corrected chi connectivity index (χ1v) is 13.0. The summed E-state index contributed by atoms with van der Waals surface area (Å²) in [6.45, 7) is 6.61. The molecule has 2 heterocycles.